The smallest absolute Gasteiger partial charge is 0.271 e. The van der Waals surface area contributed by atoms with Crippen LogP contribution in [0.4, 0.5) is 10.1 Å². The Hall–Kier alpha value is -3.79. The summed E-state index contributed by atoms with van der Waals surface area (Å²) in [4.78, 5) is 12.4. The van der Waals surface area contributed by atoms with Crippen molar-refractivity contribution in [2.24, 2.45) is 0 Å². The van der Waals surface area contributed by atoms with Gasteiger partial charge in [0.2, 0.25) is 0 Å². The van der Waals surface area contributed by atoms with Gasteiger partial charge in [0.1, 0.15) is 17.2 Å². The fourth-order valence-electron chi connectivity index (χ4n) is 3.28. The van der Waals surface area contributed by atoms with Gasteiger partial charge in [0.15, 0.2) is 5.76 Å². The largest absolute Gasteiger partial charge is 0.359 e. The number of benzene rings is 2. The van der Waals surface area contributed by atoms with Crippen LogP contribution in [0.5, 0.6) is 0 Å². The Bertz CT molecular complexity index is 1460. The number of nitrogens with one attached hydrogen (secondary N) is 1. The first kappa shape index (κ1) is 21.4. The molecule has 4 rings (SSSR count). The minimum absolute atomic E-state index is 0.0382. The van der Waals surface area contributed by atoms with E-state index in [1.54, 1.807) is 32.9 Å². The third kappa shape index (κ3) is 4.04. The standard InChI is InChI=1S/C22H19FN4O4S/c1-13-4-5-16(12-20(13)32(29,30)26-18-8-6-17(23)7-9-18)19-10-11-21(28)27(24-19)22-14(2)25-31-15(22)3/h4-12,26H,1-3H3. The maximum Gasteiger partial charge on any atom is 0.271 e. The van der Waals surface area contributed by atoms with Gasteiger partial charge in [-0.3, -0.25) is 9.52 Å². The molecule has 32 heavy (non-hydrogen) atoms. The summed E-state index contributed by atoms with van der Waals surface area (Å²) in [6.07, 6.45) is 0. The van der Waals surface area contributed by atoms with Gasteiger partial charge in [-0.25, -0.2) is 12.8 Å². The van der Waals surface area contributed by atoms with Crippen molar-refractivity contribution in [1.82, 2.24) is 14.9 Å². The summed E-state index contributed by atoms with van der Waals surface area (Å²) in [5, 5.41) is 8.25. The Morgan fingerprint density at radius 1 is 1.00 bits per heavy atom. The molecule has 0 spiro atoms. The highest BCUT2D eigenvalue weighted by molar-refractivity contribution is 7.92. The second kappa shape index (κ2) is 8.04. The van der Waals surface area contributed by atoms with Crippen LogP contribution in [-0.4, -0.2) is 23.4 Å². The van der Waals surface area contributed by atoms with Crippen LogP contribution in [-0.2, 0) is 10.0 Å². The first-order chi connectivity index (χ1) is 15.2. The van der Waals surface area contributed by atoms with Gasteiger partial charge in [-0.05, 0) is 62.7 Å². The molecule has 8 nitrogen and oxygen atoms in total. The zero-order valence-corrected chi connectivity index (χ0v) is 18.3. The lowest BCUT2D eigenvalue weighted by molar-refractivity contribution is 0.392. The molecule has 0 unspecified atom stereocenters. The summed E-state index contributed by atoms with van der Waals surface area (Å²) >= 11 is 0. The number of aromatic nitrogens is 3. The van der Waals surface area contributed by atoms with Crippen molar-refractivity contribution in [2.75, 3.05) is 4.72 Å². The Kier molecular flexibility index (Phi) is 5.39. The van der Waals surface area contributed by atoms with E-state index < -0.39 is 15.8 Å². The highest BCUT2D eigenvalue weighted by Crippen LogP contribution is 2.26. The maximum atomic E-state index is 13.1. The number of hydrogen-bond donors (Lipinski definition) is 1. The van der Waals surface area contributed by atoms with E-state index in [1.807, 2.05) is 0 Å². The molecule has 0 saturated heterocycles. The number of aryl methyl sites for hydroxylation is 3. The van der Waals surface area contributed by atoms with Crippen LogP contribution in [0.15, 0.2) is 68.8 Å². The topological polar surface area (TPSA) is 107 Å². The lowest BCUT2D eigenvalue weighted by Crippen LogP contribution is -2.21. The summed E-state index contributed by atoms with van der Waals surface area (Å²) in [5.41, 5.74) is 2.21. The molecule has 0 fully saturated rings. The molecule has 0 aliphatic carbocycles. The van der Waals surface area contributed by atoms with E-state index in [9.17, 15) is 17.6 Å². The van der Waals surface area contributed by atoms with E-state index in [2.05, 4.69) is 15.0 Å². The molecular formula is C22H19FN4O4S. The van der Waals surface area contributed by atoms with Gasteiger partial charge in [-0.2, -0.15) is 9.78 Å². The minimum Gasteiger partial charge on any atom is -0.359 e. The lowest BCUT2D eigenvalue weighted by Gasteiger charge is -2.12. The van der Waals surface area contributed by atoms with Gasteiger partial charge < -0.3 is 4.52 Å². The summed E-state index contributed by atoms with van der Waals surface area (Å²) in [6.45, 7) is 5.04. The maximum absolute atomic E-state index is 13.1. The van der Waals surface area contributed by atoms with Gasteiger partial charge in [0.25, 0.3) is 15.6 Å². The highest BCUT2D eigenvalue weighted by Gasteiger charge is 2.20. The van der Waals surface area contributed by atoms with Crippen molar-refractivity contribution in [1.29, 1.82) is 0 Å². The summed E-state index contributed by atoms with van der Waals surface area (Å²) in [6, 6.07) is 12.7. The SMILES string of the molecule is Cc1ccc(-c2ccc(=O)n(-c3c(C)noc3C)n2)cc1S(=O)(=O)Nc1ccc(F)cc1. The molecule has 0 atom stereocenters. The van der Waals surface area contributed by atoms with Crippen molar-refractivity contribution in [2.45, 2.75) is 25.7 Å². The molecule has 4 aromatic rings. The first-order valence-electron chi connectivity index (χ1n) is 9.59. The first-order valence-corrected chi connectivity index (χ1v) is 11.1. The summed E-state index contributed by atoms with van der Waals surface area (Å²) in [5.74, 6) is -0.0319. The van der Waals surface area contributed by atoms with Crippen LogP contribution in [0.2, 0.25) is 0 Å². The molecule has 0 aliphatic rings. The van der Waals surface area contributed by atoms with Gasteiger partial charge in [-0.15, -0.1) is 0 Å². The molecule has 0 amide bonds. The number of rotatable bonds is 5. The van der Waals surface area contributed by atoms with Gasteiger partial charge in [0, 0.05) is 17.3 Å². The molecule has 164 valence electrons. The van der Waals surface area contributed by atoms with E-state index in [0.717, 1.165) is 0 Å². The third-order valence-corrected chi connectivity index (χ3v) is 6.40. The lowest BCUT2D eigenvalue weighted by atomic mass is 10.1. The summed E-state index contributed by atoms with van der Waals surface area (Å²) < 4.78 is 47.9. The van der Waals surface area contributed by atoms with Crippen molar-refractivity contribution >= 4 is 15.7 Å². The van der Waals surface area contributed by atoms with Crippen molar-refractivity contribution in [3.8, 4) is 16.9 Å². The van der Waals surface area contributed by atoms with Crippen molar-refractivity contribution in [3.63, 3.8) is 0 Å². The Balaban J connectivity index is 1.77. The van der Waals surface area contributed by atoms with Crippen LogP contribution in [0.1, 0.15) is 17.0 Å². The van der Waals surface area contributed by atoms with E-state index in [4.69, 9.17) is 4.52 Å². The molecule has 0 radical (unpaired) electrons. The Morgan fingerprint density at radius 3 is 2.38 bits per heavy atom. The molecule has 0 aliphatic heterocycles. The molecular weight excluding hydrogens is 435 g/mol. The van der Waals surface area contributed by atoms with Crippen LogP contribution < -0.4 is 10.3 Å². The second-order valence-corrected chi connectivity index (χ2v) is 8.88. The monoisotopic (exact) mass is 454 g/mol. The second-order valence-electron chi connectivity index (χ2n) is 7.23. The molecule has 2 aromatic carbocycles. The van der Waals surface area contributed by atoms with Gasteiger partial charge >= 0.3 is 0 Å². The number of halogens is 1. The van der Waals surface area contributed by atoms with Crippen LogP contribution in [0.3, 0.4) is 0 Å². The predicted octanol–water partition coefficient (Wildman–Crippen LogP) is 3.75. The Morgan fingerprint density at radius 2 is 1.72 bits per heavy atom. The molecule has 2 heterocycles. The molecule has 1 N–H and O–H groups in total. The van der Waals surface area contributed by atoms with Crippen LogP contribution in [0, 0.1) is 26.6 Å². The number of sulfonamides is 1. The van der Waals surface area contributed by atoms with Crippen LogP contribution in [0.25, 0.3) is 16.9 Å². The Labute approximate surface area is 183 Å². The minimum atomic E-state index is -3.96. The molecule has 10 heteroatoms. The quantitative estimate of drug-likeness (QED) is 0.492. The number of anilines is 1. The molecule has 0 saturated carbocycles. The average molecular weight is 454 g/mol. The highest BCUT2D eigenvalue weighted by atomic mass is 32.2. The fraction of sp³-hybridized carbons (Fsp3) is 0.136. The normalized spacial score (nSPS) is 11.5. The number of hydrogen-bond acceptors (Lipinski definition) is 6. The van der Waals surface area contributed by atoms with Gasteiger partial charge in [0.05, 0.1) is 10.6 Å². The number of nitrogens with zero attached hydrogens (tertiary/aromatic N) is 3. The third-order valence-electron chi connectivity index (χ3n) is 4.88. The van der Waals surface area contributed by atoms with E-state index in [0.29, 0.717) is 34.0 Å². The van der Waals surface area contributed by atoms with Crippen molar-refractivity contribution in [3.05, 3.63) is 87.8 Å². The summed E-state index contributed by atoms with van der Waals surface area (Å²) in [7, 11) is -3.96. The van der Waals surface area contributed by atoms with E-state index in [-0.39, 0.29) is 16.1 Å². The van der Waals surface area contributed by atoms with E-state index in [1.165, 1.54) is 47.1 Å². The predicted molar refractivity (Wildman–Crippen MR) is 117 cm³/mol. The zero-order valence-electron chi connectivity index (χ0n) is 17.5. The zero-order chi connectivity index (χ0) is 23.0. The average Bonchev–Trinajstić information content (AvgIpc) is 3.08. The van der Waals surface area contributed by atoms with Gasteiger partial charge in [-0.1, -0.05) is 17.3 Å². The van der Waals surface area contributed by atoms with Crippen molar-refractivity contribution < 1.29 is 17.3 Å². The fourth-order valence-corrected chi connectivity index (χ4v) is 4.61. The van der Waals surface area contributed by atoms with E-state index >= 15 is 0 Å². The van der Waals surface area contributed by atoms with Crippen LogP contribution >= 0.6 is 0 Å². The molecule has 0 bridgehead atoms. The molecule has 2 aromatic heterocycles.